The highest BCUT2D eigenvalue weighted by Crippen LogP contribution is 2.36. The lowest BCUT2D eigenvalue weighted by Crippen LogP contribution is -2.38. The first-order chi connectivity index (χ1) is 14.4. The first-order valence-corrected chi connectivity index (χ1v) is 10.2. The number of hydrogen-bond acceptors (Lipinski definition) is 3. The summed E-state index contributed by atoms with van der Waals surface area (Å²) in [6, 6.07) is 16.4. The summed E-state index contributed by atoms with van der Waals surface area (Å²) in [4.78, 5) is 26.5. The Morgan fingerprint density at radius 3 is 2.73 bits per heavy atom. The van der Waals surface area contributed by atoms with Crippen molar-refractivity contribution >= 4 is 50.7 Å². The molecule has 1 N–H and O–H groups in total. The summed E-state index contributed by atoms with van der Waals surface area (Å²) in [7, 11) is 0. The number of rotatable bonds is 4. The molecule has 0 atom stereocenters. The van der Waals surface area contributed by atoms with Crippen LogP contribution in [-0.4, -0.2) is 18.4 Å². The number of anilines is 2. The standard InChI is InChI=1S/C22H15BrClFN2O3/c23-16-5-2-1-4-14(16)22(29)26-13-8-9-20-19(10-13)27(21(28)12-30-20)11-15-17(24)6-3-7-18(15)25/h1-10H,11-12H2,(H,26,29). The van der Waals surface area contributed by atoms with Crippen LogP contribution in [0.2, 0.25) is 5.02 Å². The van der Waals surface area contributed by atoms with Crippen molar-refractivity contribution in [2.24, 2.45) is 0 Å². The molecule has 0 saturated carbocycles. The molecule has 4 rings (SSSR count). The molecule has 0 aromatic heterocycles. The van der Waals surface area contributed by atoms with Gasteiger partial charge >= 0.3 is 0 Å². The fraction of sp³-hybridized carbons (Fsp3) is 0.0909. The number of ether oxygens (including phenoxy) is 1. The van der Waals surface area contributed by atoms with E-state index in [2.05, 4.69) is 21.2 Å². The van der Waals surface area contributed by atoms with Crippen LogP contribution in [0.25, 0.3) is 0 Å². The van der Waals surface area contributed by atoms with Gasteiger partial charge in [0, 0.05) is 20.7 Å². The zero-order valence-electron chi connectivity index (χ0n) is 15.5. The number of nitrogens with zero attached hydrogens (tertiary/aromatic N) is 1. The van der Waals surface area contributed by atoms with Gasteiger partial charge in [0.05, 0.1) is 17.8 Å². The fourth-order valence-corrected chi connectivity index (χ4v) is 3.83. The van der Waals surface area contributed by atoms with Gasteiger partial charge < -0.3 is 15.0 Å². The minimum Gasteiger partial charge on any atom is -0.482 e. The van der Waals surface area contributed by atoms with Crippen molar-refractivity contribution in [1.82, 2.24) is 0 Å². The highest BCUT2D eigenvalue weighted by atomic mass is 79.9. The number of carbonyl (C=O) groups excluding carboxylic acids is 2. The van der Waals surface area contributed by atoms with Crippen LogP contribution in [0.3, 0.4) is 0 Å². The minimum absolute atomic E-state index is 0.0532. The Balaban J connectivity index is 1.65. The van der Waals surface area contributed by atoms with Gasteiger partial charge in [-0.1, -0.05) is 29.8 Å². The van der Waals surface area contributed by atoms with Crippen molar-refractivity contribution in [3.8, 4) is 5.75 Å². The Labute approximate surface area is 185 Å². The van der Waals surface area contributed by atoms with Crippen LogP contribution in [-0.2, 0) is 11.3 Å². The molecule has 3 aromatic rings. The van der Waals surface area contributed by atoms with E-state index in [-0.39, 0.29) is 35.6 Å². The van der Waals surface area contributed by atoms with E-state index in [4.69, 9.17) is 16.3 Å². The molecule has 8 heteroatoms. The van der Waals surface area contributed by atoms with Crippen molar-refractivity contribution in [2.45, 2.75) is 6.54 Å². The Bertz CT molecular complexity index is 1130. The number of carbonyl (C=O) groups is 2. The molecule has 0 fully saturated rings. The van der Waals surface area contributed by atoms with Crippen molar-refractivity contribution < 1.29 is 18.7 Å². The van der Waals surface area contributed by atoms with Gasteiger partial charge in [0.15, 0.2) is 6.61 Å². The van der Waals surface area contributed by atoms with E-state index in [0.29, 0.717) is 27.2 Å². The SMILES string of the molecule is O=C(Nc1ccc2c(c1)N(Cc1c(F)cccc1Cl)C(=O)CO2)c1ccccc1Br. The Kier molecular flexibility index (Phi) is 5.74. The molecule has 0 saturated heterocycles. The maximum Gasteiger partial charge on any atom is 0.265 e. The molecule has 3 aromatic carbocycles. The molecule has 0 radical (unpaired) electrons. The van der Waals surface area contributed by atoms with E-state index in [1.807, 2.05) is 6.07 Å². The normalized spacial score (nSPS) is 12.9. The zero-order chi connectivity index (χ0) is 21.3. The lowest BCUT2D eigenvalue weighted by atomic mass is 10.1. The van der Waals surface area contributed by atoms with Crippen LogP contribution in [0, 0.1) is 5.82 Å². The Morgan fingerprint density at radius 1 is 1.17 bits per heavy atom. The smallest absolute Gasteiger partial charge is 0.265 e. The molecule has 0 unspecified atom stereocenters. The lowest BCUT2D eigenvalue weighted by molar-refractivity contribution is -0.121. The van der Waals surface area contributed by atoms with E-state index in [1.54, 1.807) is 42.5 Å². The molecule has 30 heavy (non-hydrogen) atoms. The van der Waals surface area contributed by atoms with Gasteiger partial charge in [0.1, 0.15) is 11.6 Å². The largest absolute Gasteiger partial charge is 0.482 e. The number of halogens is 3. The third kappa shape index (κ3) is 4.04. The molecule has 2 amide bonds. The lowest BCUT2D eigenvalue weighted by Gasteiger charge is -2.30. The second kappa shape index (κ2) is 8.45. The fourth-order valence-electron chi connectivity index (χ4n) is 3.14. The highest BCUT2D eigenvalue weighted by Gasteiger charge is 2.27. The Morgan fingerprint density at radius 2 is 1.97 bits per heavy atom. The number of hydrogen-bond donors (Lipinski definition) is 1. The molecule has 0 aliphatic carbocycles. The van der Waals surface area contributed by atoms with E-state index >= 15 is 0 Å². The van der Waals surface area contributed by atoms with E-state index in [9.17, 15) is 14.0 Å². The second-order valence-electron chi connectivity index (χ2n) is 6.59. The van der Waals surface area contributed by atoms with Crippen LogP contribution in [0.4, 0.5) is 15.8 Å². The molecular weight excluding hydrogens is 475 g/mol. The predicted octanol–water partition coefficient (Wildman–Crippen LogP) is 5.42. The van der Waals surface area contributed by atoms with Gasteiger partial charge in [0.2, 0.25) is 0 Å². The van der Waals surface area contributed by atoms with Crippen LogP contribution in [0.15, 0.2) is 65.1 Å². The minimum atomic E-state index is -0.498. The maximum absolute atomic E-state index is 14.3. The summed E-state index contributed by atoms with van der Waals surface area (Å²) in [5.74, 6) is -0.687. The van der Waals surface area contributed by atoms with Gasteiger partial charge in [0.25, 0.3) is 11.8 Å². The molecule has 5 nitrogen and oxygen atoms in total. The molecular formula is C22H15BrClFN2O3. The quantitative estimate of drug-likeness (QED) is 0.532. The third-order valence-corrected chi connectivity index (χ3v) is 5.70. The summed E-state index contributed by atoms with van der Waals surface area (Å²) in [5.41, 5.74) is 1.58. The van der Waals surface area contributed by atoms with Crippen molar-refractivity contribution in [1.29, 1.82) is 0 Å². The summed E-state index contributed by atoms with van der Waals surface area (Å²) in [6.45, 7) is -0.218. The van der Waals surface area contributed by atoms with Gasteiger partial charge in [-0.3, -0.25) is 9.59 Å². The van der Waals surface area contributed by atoms with Crippen LogP contribution >= 0.6 is 27.5 Å². The average Bonchev–Trinajstić information content (AvgIpc) is 2.72. The van der Waals surface area contributed by atoms with E-state index in [1.165, 1.54) is 17.0 Å². The molecule has 0 spiro atoms. The molecule has 1 aliphatic rings. The average molecular weight is 490 g/mol. The second-order valence-corrected chi connectivity index (χ2v) is 7.85. The predicted molar refractivity (Wildman–Crippen MR) is 117 cm³/mol. The first kappa shape index (κ1) is 20.4. The highest BCUT2D eigenvalue weighted by molar-refractivity contribution is 9.10. The van der Waals surface area contributed by atoms with Crippen LogP contribution in [0.5, 0.6) is 5.75 Å². The number of benzene rings is 3. The number of amides is 2. The van der Waals surface area contributed by atoms with Gasteiger partial charge in [-0.2, -0.15) is 0 Å². The maximum atomic E-state index is 14.3. The number of nitrogens with one attached hydrogen (secondary N) is 1. The van der Waals surface area contributed by atoms with Crippen molar-refractivity contribution in [2.75, 3.05) is 16.8 Å². The van der Waals surface area contributed by atoms with Crippen molar-refractivity contribution in [3.63, 3.8) is 0 Å². The van der Waals surface area contributed by atoms with E-state index in [0.717, 1.165) is 0 Å². The van der Waals surface area contributed by atoms with Gasteiger partial charge in [-0.25, -0.2) is 4.39 Å². The molecule has 0 bridgehead atoms. The summed E-state index contributed by atoms with van der Waals surface area (Å²) in [6.07, 6.45) is 0. The molecule has 152 valence electrons. The van der Waals surface area contributed by atoms with Gasteiger partial charge in [-0.05, 0) is 58.4 Å². The summed E-state index contributed by atoms with van der Waals surface area (Å²) < 4.78 is 20.4. The van der Waals surface area contributed by atoms with Crippen LogP contribution < -0.4 is 15.0 Å². The Hall–Kier alpha value is -2.90. The summed E-state index contributed by atoms with van der Waals surface area (Å²) in [5, 5.41) is 3.04. The van der Waals surface area contributed by atoms with Crippen LogP contribution in [0.1, 0.15) is 15.9 Å². The first-order valence-electron chi connectivity index (χ1n) is 9.00. The summed E-state index contributed by atoms with van der Waals surface area (Å²) >= 11 is 9.49. The molecule has 1 heterocycles. The van der Waals surface area contributed by atoms with Gasteiger partial charge in [-0.15, -0.1) is 0 Å². The number of fused-ring (bicyclic) bond motifs is 1. The topological polar surface area (TPSA) is 58.6 Å². The monoisotopic (exact) mass is 488 g/mol. The van der Waals surface area contributed by atoms with Crippen molar-refractivity contribution in [3.05, 3.63) is 87.1 Å². The molecule has 1 aliphatic heterocycles. The zero-order valence-corrected chi connectivity index (χ0v) is 17.8. The third-order valence-electron chi connectivity index (χ3n) is 4.66. The van der Waals surface area contributed by atoms with E-state index < -0.39 is 5.82 Å².